The molecule has 0 unspecified atom stereocenters. The fraction of sp³-hybridized carbons (Fsp3) is 0.278. The van der Waals surface area contributed by atoms with Gasteiger partial charge in [0, 0.05) is 28.0 Å². The van der Waals surface area contributed by atoms with Crippen LogP contribution in [0.25, 0.3) is 16.8 Å². The number of carbonyl (C=O) groups excluding carboxylic acids is 1. The topological polar surface area (TPSA) is 44.8 Å². The maximum atomic E-state index is 11.6. The zero-order chi connectivity index (χ0) is 16.1. The van der Waals surface area contributed by atoms with Gasteiger partial charge in [-0.15, -0.1) is 0 Å². The van der Waals surface area contributed by atoms with Crippen molar-refractivity contribution in [1.29, 1.82) is 0 Å². The van der Waals surface area contributed by atoms with E-state index in [0.29, 0.717) is 6.61 Å². The summed E-state index contributed by atoms with van der Waals surface area (Å²) in [4.78, 5) is 11.6. The molecule has 0 N–H and O–H groups in total. The molecular weight excluding hydrogens is 280 g/mol. The minimum absolute atomic E-state index is 0.348. The first-order valence-corrected chi connectivity index (χ1v) is 7.12. The molecule has 0 spiro atoms. The molecule has 0 heterocycles. The largest absolute Gasteiger partial charge is 0.496 e. The highest BCUT2D eigenvalue weighted by Crippen LogP contribution is 2.40. The molecule has 2 aromatic carbocycles. The van der Waals surface area contributed by atoms with Gasteiger partial charge in [-0.2, -0.15) is 0 Å². The average Bonchev–Trinajstić information content (AvgIpc) is 2.53. The molecule has 2 aromatic rings. The molecule has 4 heteroatoms. The van der Waals surface area contributed by atoms with Crippen molar-refractivity contribution in [3.63, 3.8) is 0 Å². The predicted molar refractivity (Wildman–Crippen MR) is 87.5 cm³/mol. The van der Waals surface area contributed by atoms with Crippen LogP contribution in [0.15, 0.2) is 30.3 Å². The molecule has 0 aliphatic rings. The molecule has 0 aromatic heterocycles. The fourth-order valence-corrected chi connectivity index (χ4v) is 2.54. The van der Waals surface area contributed by atoms with Crippen molar-refractivity contribution in [1.82, 2.24) is 0 Å². The lowest BCUT2D eigenvalue weighted by Crippen LogP contribution is -2.00. The second kappa shape index (κ2) is 6.98. The average molecular weight is 300 g/mol. The lowest BCUT2D eigenvalue weighted by Gasteiger charge is -2.16. The highest BCUT2D eigenvalue weighted by Gasteiger charge is 2.16. The molecule has 22 heavy (non-hydrogen) atoms. The summed E-state index contributed by atoms with van der Waals surface area (Å²) in [5.41, 5.74) is 1.73. The van der Waals surface area contributed by atoms with Gasteiger partial charge < -0.3 is 14.2 Å². The predicted octanol–water partition coefficient (Wildman–Crippen LogP) is 3.74. The van der Waals surface area contributed by atoms with Crippen LogP contribution in [0.4, 0.5) is 0 Å². The summed E-state index contributed by atoms with van der Waals surface area (Å²) in [6.07, 6.45) is 3.11. The number of rotatable bonds is 5. The summed E-state index contributed by atoms with van der Waals surface area (Å²) >= 11 is 0. The van der Waals surface area contributed by atoms with E-state index < -0.39 is 0 Å². The lowest BCUT2D eigenvalue weighted by atomic mass is 9.98. The standard InChI is InChI=1S/C18H20O4/c1-5-22-16(19)11-10-13-12(2)17(20-3)14-8-6-7-9-15(14)18(13)21-4/h6-11H,5H2,1-4H3/b11-10+. The van der Waals surface area contributed by atoms with Gasteiger partial charge in [-0.05, 0) is 19.9 Å². The SMILES string of the molecule is CCOC(=O)/C=C/c1c(C)c(OC)c2ccccc2c1OC. The van der Waals surface area contributed by atoms with E-state index >= 15 is 0 Å². The third-order valence-electron chi connectivity index (χ3n) is 3.49. The first-order valence-electron chi connectivity index (χ1n) is 7.12. The van der Waals surface area contributed by atoms with Gasteiger partial charge in [0.2, 0.25) is 0 Å². The number of esters is 1. The van der Waals surface area contributed by atoms with Gasteiger partial charge in [0.25, 0.3) is 0 Å². The molecule has 0 aliphatic heterocycles. The van der Waals surface area contributed by atoms with Crippen molar-refractivity contribution < 1.29 is 19.0 Å². The van der Waals surface area contributed by atoms with Gasteiger partial charge in [-0.3, -0.25) is 0 Å². The van der Waals surface area contributed by atoms with Crippen LogP contribution < -0.4 is 9.47 Å². The van der Waals surface area contributed by atoms with E-state index in [9.17, 15) is 4.79 Å². The van der Waals surface area contributed by atoms with Gasteiger partial charge in [0.15, 0.2) is 0 Å². The van der Waals surface area contributed by atoms with Gasteiger partial charge in [0.1, 0.15) is 11.5 Å². The van der Waals surface area contributed by atoms with E-state index in [1.54, 1.807) is 27.2 Å². The van der Waals surface area contributed by atoms with Crippen LogP contribution in [0.2, 0.25) is 0 Å². The highest BCUT2D eigenvalue weighted by molar-refractivity contribution is 5.99. The van der Waals surface area contributed by atoms with E-state index in [2.05, 4.69) is 0 Å². The fourth-order valence-electron chi connectivity index (χ4n) is 2.54. The third-order valence-corrected chi connectivity index (χ3v) is 3.49. The third kappa shape index (κ3) is 2.91. The number of hydrogen-bond acceptors (Lipinski definition) is 4. The van der Waals surface area contributed by atoms with Crippen molar-refractivity contribution in [3.8, 4) is 11.5 Å². The molecular formula is C18H20O4. The Bertz CT molecular complexity index is 717. The van der Waals surface area contributed by atoms with Crippen molar-refractivity contribution in [2.75, 3.05) is 20.8 Å². The number of carbonyl (C=O) groups is 1. The van der Waals surface area contributed by atoms with E-state index in [4.69, 9.17) is 14.2 Å². The molecule has 2 rings (SSSR count). The Balaban J connectivity index is 2.67. The van der Waals surface area contributed by atoms with Gasteiger partial charge in [-0.25, -0.2) is 4.79 Å². The normalized spacial score (nSPS) is 10.9. The van der Waals surface area contributed by atoms with Crippen LogP contribution in [0.3, 0.4) is 0 Å². The number of benzene rings is 2. The molecule has 0 saturated carbocycles. The molecule has 116 valence electrons. The van der Waals surface area contributed by atoms with Crippen LogP contribution >= 0.6 is 0 Å². The number of fused-ring (bicyclic) bond motifs is 1. The first-order chi connectivity index (χ1) is 10.6. The molecule has 0 fully saturated rings. The number of hydrogen-bond donors (Lipinski definition) is 0. The van der Waals surface area contributed by atoms with Crippen molar-refractivity contribution in [3.05, 3.63) is 41.5 Å². The zero-order valence-electron chi connectivity index (χ0n) is 13.3. The molecule has 4 nitrogen and oxygen atoms in total. The first kappa shape index (κ1) is 15.9. The summed E-state index contributed by atoms with van der Waals surface area (Å²) < 4.78 is 16.0. The second-order valence-electron chi connectivity index (χ2n) is 4.74. The maximum absolute atomic E-state index is 11.6. The van der Waals surface area contributed by atoms with Gasteiger partial charge in [0.05, 0.1) is 20.8 Å². The van der Waals surface area contributed by atoms with E-state index in [1.807, 2.05) is 31.2 Å². The summed E-state index contributed by atoms with van der Waals surface area (Å²) in [5, 5.41) is 1.92. The summed E-state index contributed by atoms with van der Waals surface area (Å²) in [6.45, 7) is 4.07. The summed E-state index contributed by atoms with van der Waals surface area (Å²) in [7, 11) is 3.26. The quantitative estimate of drug-likeness (QED) is 0.623. The Morgan fingerprint density at radius 2 is 1.68 bits per heavy atom. The van der Waals surface area contributed by atoms with E-state index in [0.717, 1.165) is 33.4 Å². The van der Waals surface area contributed by atoms with E-state index in [1.165, 1.54) is 6.08 Å². The lowest BCUT2D eigenvalue weighted by molar-refractivity contribution is -0.137. The van der Waals surface area contributed by atoms with Crippen LogP contribution in [0.1, 0.15) is 18.1 Å². The monoisotopic (exact) mass is 300 g/mol. The van der Waals surface area contributed by atoms with Gasteiger partial charge >= 0.3 is 5.97 Å². The Morgan fingerprint density at radius 1 is 1.09 bits per heavy atom. The maximum Gasteiger partial charge on any atom is 0.330 e. The minimum Gasteiger partial charge on any atom is -0.496 e. The van der Waals surface area contributed by atoms with Crippen LogP contribution in [-0.4, -0.2) is 26.8 Å². The zero-order valence-corrected chi connectivity index (χ0v) is 13.3. The van der Waals surface area contributed by atoms with Crippen molar-refractivity contribution in [2.24, 2.45) is 0 Å². The van der Waals surface area contributed by atoms with E-state index in [-0.39, 0.29) is 5.97 Å². The number of methoxy groups -OCH3 is 2. The molecule has 0 aliphatic carbocycles. The van der Waals surface area contributed by atoms with Crippen molar-refractivity contribution >= 4 is 22.8 Å². The Kier molecular flexibility index (Phi) is 5.04. The van der Waals surface area contributed by atoms with Crippen LogP contribution in [0, 0.1) is 6.92 Å². The summed E-state index contributed by atoms with van der Waals surface area (Å²) in [6, 6.07) is 7.86. The molecule has 0 bridgehead atoms. The molecule has 0 saturated heterocycles. The Hall–Kier alpha value is -2.49. The molecule has 0 atom stereocenters. The molecule has 0 amide bonds. The van der Waals surface area contributed by atoms with Crippen LogP contribution in [-0.2, 0) is 9.53 Å². The Labute approximate surface area is 130 Å². The Morgan fingerprint density at radius 3 is 2.23 bits per heavy atom. The smallest absolute Gasteiger partial charge is 0.330 e. The van der Waals surface area contributed by atoms with Gasteiger partial charge in [-0.1, -0.05) is 24.3 Å². The minimum atomic E-state index is -0.379. The van der Waals surface area contributed by atoms with Crippen LogP contribution in [0.5, 0.6) is 11.5 Å². The molecule has 0 radical (unpaired) electrons. The summed E-state index contributed by atoms with van der Waals surface area (Å²) in [5.74, 6) is 1.12. The van der Waals surface area contributed by atoms with Crippen molar-refractivity contribution in [2.45, 2.75) is 13.8 Å². The second-order valence-corrected chi connectivity index (χ2v) is 4.74. The highest BCUT2D eigenvalue weighted by atomic mass is 16.5. The number of ether oxygens (including phenoxy) is 3.